The molecule has 1 aromatic rings. The number of unbranched alkanes of at least 4 members (excludes halogenated alkanes) is 3. The van der Waals surface area contributed by atoms with E-state index in [0.29, 0.717) is 18.3 Å². The molecule has 1 rings (SSSR count). The van der Waals surface area contributed by atoms with E-state index in [1.165, 1.54) is 25.7 Å². The van der Waals surface area contributed by atoms with Crippen molar-refractivity contribution in [2.45, 2.75) is 71.4 Å². The maximum atomic E-state index is 11.6. The second kappa shape index (κ2) is 11.5. The van der Waals surface area contributed by atoms with Gasteiger partial charge in [0.25, 0.3) is 0 Å². The highest BCUT2D eigenvalue weighted by atomic mass is 32.2. The molecule has 0 saturated heterocycles. The first-order valence-corrected chi connectivity index (χ1v) is 11.1. The van der Waals surface area contributed by atoms with E-state index in [4.69, 9.17) is 0 Å². The summed E-state index contributed by atoms with van der Waals surface area (Å²) in [6, 6.07) is 7.34. The monoisotopic (exact) mass is 370 g/mol. The normalized spacial score (nSPS) is 14.2. The molecule has 2 atom stereocenters. The quantitative estimate of drug-likeness (QED) is 0.461. The van der Waals surface area contributed by atoms with Crippen LogP contribution in [0.25, 0.3) is 0 Å². The highest BCUT2D eigenvalue weighted by Crippen LogP contribution is 2.17. The van der Waals surface area contributed by atoms with E-state index in [1.54, 1.807) is 31.2 Å². The maximum absolute atomic E-state index is 11.6. The van der Waals surface area contributed by atoms with Crippen molar-refractivity contribution in [1.82, 2.24) is 5.32 Å². The summed E-state index contributed by atoms with van der Waals surface area (Å²) in [5.41, 5.74) is 1.31. The number of aliphatic hydroxyl groups is 1. The Morgan fingerprint density at radius 2 is 1.72 bits per heavy atom. The van der Waals surface area contributed by atoms with Gasteiger partial charge < -0.3 is 10.4 Å². The molecule has 0 spiro atoms. The summed E-state index contributed by atoms with van der Waals surface area (Å²) in [6.45, 7) is 6.48. The van der Waals surface area contributed by atoms with Crippen molar-refractivity contribution < 1.29 is 13.5 Å². The van der Waals surface area contributed by atoms with E-state index in [-0.39, 0.29) is 5.75 Å². The van der Waals surface area contributed by atoms with Crippen molar-refractivity contribution in [2.75, 3.05) is 17.0 Å². The van der Waals surface area contributed by atoms with Crippen LogP contribution in [0.3, 0.4) is 0 Å². The third-order valence-corrected chi connectivity index (χ3v) is 5.75. The smallest absolute Gasteiger partial charge is 0.232 e. The summed E-state index contributed by atoms with van der Waals surface area (Å²) in [7, 11) is -3.27. The lowest BCUT2D eigenvalue weighted by Gasteiger charge is -2.20. The molecule has 1 aromatic carbocycles. The van der Waals surface area contributed by atoms with Crippen LogP contribution in [-0.4, -0.2) is 31.9 Å². The molecule has 144 valence electrons. The van der Waals surface area contributed by atoms with Crippen LogP contribution in [0.4, 0.5) is 5.69 Å². The van der Waals surface area contributed by atoms with E-state index in [9.17, 15) is 13.5 Å². The van der Waals surface area contributed by atoms with Crippen molar-refractivity contribution in [1.29, 1.82) is 0 Å². The highest BCUT2D eigenvalue weighted by Gasteiger charge is 2.12. The molecule has 0 aliphatic carbocycles. The summed E-state index contributed by atoms with van der Waals surface area (Å²) < 4.78 is 25.6. The fourth-order valence-electron chi connectivity index (χ4n) is 2.69. The average molecular weight is 371 g/mol. The molecular formula is C19H34N2O3S. The molecule has 5 nitrogen and oxygen atoms in total. The molecule has 0 amide bonds. The molecule has 6 heteroatoms. The van der Waals surface area contributed by atoms with Crippen LogP contribution in [-0.2, 0) is 10.0 Å². The number of sulfonamides is 1. The Kier molecular flexibility index (Phi) is 10.1. The number of benzene rings is 1. The summed E-state index contributed by atoms with van der Waals surface area (Å²) in [6.07, 6.45) is 6.62. The SMILES string of the molecule is CCCCCCC(CC)NCC(O)c1ccc(NS(=O)(=O)CC)cc1. The van der Waals surface area contributed by atoms with Gasteiger partial charge in [0.15, 0.2) is 0 Å². The molecule has 0 bridgehead atoms. The first kappa shape index (κ1) is 21.9. The minimum absolute atomic E-state index is 0.0396. The number of hydrogen-bond donors (Lipinski definition) is 3. The number of rotatable bonds is 13. The van der Waals surface area contributed by atoms with Crippen LogP contribution in [0.1, 0.15) is 71.0 Å². The Labute approximate surface area is 153 Å². The van der Waals surface area contributed by atoms with Gasteiger partial charge in [0.1, 0.15) is 0 Å². The third kappa shape index (κ3) is 8.70. The Morgan fingerprint density at radius 3 is 2.28 bits per heavy atom. The lowest BCUT2D eigenvalue weighted by atomic mass is 10.0. The number of nitrogens with one attached hydrogen (secondary N) is 2. The van der Waals surface area contributed by atoms with Gasteiger partial charge in [-0.15, -0.1) is 0 Å². The summed E-state index contributed by atoms with van der Waals surface area (Å²) in [4.78, 5) is 0. The van der Waals surface area contributed by atoms with Crippen LogP contribution in [0.5, 0.6) is 0 Å². The van der Waals surface area contributed by atoms with Gasteiger partial charge in [-0.25, -0.2) is 8.42 Å². The molecule has 0 saturated carbocycles. The molecule has 0 aliphatic rings. The van der Waals surface area contributed by atoms with Crippen LogP contribution >= 0.6 is 0 Å². The van der Waals surface area contributed by atoms with Crippen molar-refractivity contribution in [3.8, 4) is 0 Å². The highest BCUT2D eigenvalue weighted by molar-refractivity contribution is 7.92. The van der Waals surface area contributed by atoms with E-state index in [0.717, 1.165) is 18.4 Å². The number of aliphatic hydroxyl groups excluding tert-OH is 1. The molecule has 0 radical (unpaired) electrons. The van der Waals surface area contributed by atoms with Crippen LogP contribution in [0.2, 0.25) is 0 Å². The van der Waals surface area contributed by atoms with Crippen LogP contribution < -0.4 is 10.0 Å². The molecule has 0 fully saturated rings. The fraction of sp³-hybridized carbons (Fsp3) is 0.684. The lowest BCUT2D eigenvalue weighted by molar-refractivity contribution is 0.168. The first-order valence-electron chi connectivity index (χ1n) is 9.43. The minimum Gasteiger partial charge on any atom is -0.387 e. The molecule has 0 aromatic heterocycles. The van der Waals surface area contributed by atoms with Gasteiger partial charge in [0.05, 0.1) is 11.9 Å². The van der Waals surface area contributed by atoms with Crippen molar-refractivity contribution >= 4 is 15.7 Å². The van der Waals surface area contributed by atoms with E-state index in [2.05, 4.69) is 23.9 Å². The van der Waals surface area contributed by atoms with Gasteiger partial charge in [0, 0.05) is 18.3 Å². The van der Waals surface area contributed by atoms with Crippen molar-refractivity contribution in [3.63, 3.8) is 0 Å². The zero-order chi connectivity index (χ0) is 18.7. The Bertz CT molecular complexity index is 573. The predicted octanol–water partition coefficient (Wildman–Crippen LogP) is 3.82. The van der Waals surface area contributed by atoms with E-state index >= 15 is 0 Å². The fourth-order valence-corrected chi connectivity index (χ4v) is 3.33. The number of anilines is 1. The zero-order valence-electron chi connectivity index (χ0n) is 15.8. The van der Waals surface area contributed by atoms with Crippen molar-refractivity contribution in [3.05, 3.63) is 29.8 Å². The van der Waals surface area contributed by atoms with Gasteiger partial charge in [0.2, 0.25) is 10.0 Å². The first-order chi connectivity index (χ1) is 11.9. The Morgan fingerprint density at radius 1 is 1.04 bits per heavy atom. The predicted molar refractivity (Wildman–Crippen MR) is 105 cm³/mol. The van der Waals surface area contributed by atoms with Gasteiger partial charge >= 0.3 is 0 Å². The summed E-state index contributed by atoms with van der Waals surface area (Å²) in [5, 5.41) is 13.8. The van der Waals surface area contributed by atoms with Crippen molar-refractivity contribution in [2.24, 2.45) is 0 Å². The molecule has 25 heavy (non-hydrogen) atoms. The average Bonchev–Trinajstić information content (AvgIpc) is 2.61. The van der Waals surface area contributed by atoms with Gasteiger partial charge in [-0.2, -0.15) is 0 Å². The van der Waals surface area contributed by atoms with Gasteiger partial charge in [-0.1, -0.05) is 51.7 Å². The maximum Gasteiger partial charge on any atom is 0.232 e. The topological polar surface area (TPSA) is 78.4 Å². The van der Waals surface area contributed by atoms with E-state index < -0.39 is 16.1 Å². The second-order valence-electron chi connectivity index (χ2n) is 6.51. The Hall–Kier alpha value is -1.11. The summed E-state index contributed by atoms with van der Waals surface area (Å²) in [5.74, 6) is 0.0396. The largest absolute Gasteiger partial charge is 0.387 e. The third-order valence-electron chi connectivity index (χ3n) is 4.45. The standard InChI is InChI=1S/C19H34N2O3S/c1-4-7-8-9-10-17(5-2)20-15-19(22)16-11-13-18(14-12-16)21-25(23,24)6-3/h11-14,17,19-22H,4-10,15H2,1-3H3. The van der Waals surface area contributed by atoms with E-state index in [1.807, 2.05) is 0 Å². The minimum atomic E-state index is -3.27. The lowest BCUT2D eigenvalue weighted by Crippen LogP contribution is -2.32. The Balaban J connectivity index is 2.47. The van der Waals surface area contributed by atoms with Gasteiger partial charge in [-0.05, 0) is 37.5 Å². The summed E-state index contributed by atoms with van der Waals surface area (Å²) >= 11 is 0. The van der Waals surface area contributed by atoms with Gasteiger partial charge in [-0.3, -0.25) is 4.72 Å². The molecule has 2 unspecified atom stereocenters. The molecule has 3 N–H and O–H groups in total. The number of hydrogen-bond acceptors (Lipinski definition) is 4. The van der Waals surface area contributed by atoms with Crippen LogP contribution in [0, 0.1) is 0 Å². The van der Waals surface area contributed by atoms with Crippen LogP contribution in [0.15, 0.2) is 24.3 Å². The zero-order valence-corrected chi connectivity index (χ0v) is 16.6. The molecular weight excluding hydrogens is 336 g/mol. The molecule has 0 heterocycles. The molecule has 0 aliphatic heterocycles. The second-order valence-corrected chi connectivity index (χ2v) is 8.52.